The van der Waals surface area contributed by atoms with Gasteiger partial charge in [0.15, 0.2) is 16.1 Å². The van der Waals surface area contributed by atoms with Crippen molar-refractivity contribution >= 4 is 33.2 Å². The van der Waals surface area contributed by atoms with Crippen molar-refractivity contribution in [2.75, 3.05) is 11.4 Å². The van der Waals surface area contributed by atoms with Gasteiger partial charge >= 0.3 is 0 Å². The zero-order valence-electron chi connectivity index (χ0n) is 19.4. The van der Waals surface area contributed by atoms with Crippen molar-refractivity contribution in [3.63, 3.8) is 0 Å². The lowest BCUT2D eigenvalue weighted by Crippen LogP contribution is -2.35. The lowest BCUT2D eigenvalue weighted by Gasteiger charge is -2.32. The maximum atomic E-state index is 14.8. The minimum atomic E-state index is -4.36. The maximum absolute atomic E-state index is 14.8. The van der Waals surface area contributed by atoms with Gasteiger partial charge in [-0.05, 0) is 39.0 Å². The number of pyridine rings is 1. The molecule has 1 unspecified atom stereocenters. The molecular formula is C23H22F4N4O4S. The monoisotopic (exact) mass is 526 g/mol. The normalized spacial score (nSPS) is 18.1. The predicted molar refractivity (Wildman–Crippen MR) is 122 cm³/mol. The number of rotatable bonds is 5. The van der Waals surface area contributed by atoms with Crippen LogP contribution in [0.15, 0.2) is 35.5 Å². The van der Waals surface area contributed by atoms with Crippen LogP contribution in [0.5, 0.6) is 0 Å². The van der Waals surface area contributed by atoms with E-state index >= 15 is 0 Å². The molecule has 0 saturated carbocycles. The van der Waals surface area contributed by atoms with Crippen LogP contribution in [0, 0.1) is 11.6 Å². The van der Waals surface area contributed by atoms with E-state index in [4.69, 9.17) is 5.73 Å². The molecule has 1 fully saturated rings. The van der Waals surface area contributed by atoms with Gasteiger partial charge in [-0.1, -0.05) is 0 Å². The van der Waals surface area contributed by atoms with E-state index in [-0.39, 0.29) is 11.1 Å². The third-order valence-electron chi connectivity index (χ3n) is 6.11. The second kappa shape index (κ2) is 8.29. The number of carbonyl (C=O) groups excluding carboxylic acids is 2. The molecule has 0 radical (unpaired) electrons. The van der Waals surface area contributed by atoms with Gasteiger partial charge in [0.05, 0.1) is 45.9 Å². The summed E-state index contributed by atoms with van der Waals surface area (Å²) < 4.78 is 85.2. The van der Waals surface area contributed by atoms with E-state index in [1.54, 1.807) is 0 Å². The van der Waals surface area contributed by atoms with Crippen LogP contribution >= 0.6 is 0 Å². The van der Waals surface area contributed by atoms with E-state index in [2.05, 4.69) is 5.10 Å². The van der Waals surface area contributed by atoms with Gasteiger partial charge in [-0.15, -0.1) is 0 Å². The van der Waals surface area contributed by atoms with Crippen LogP contribution < -0.4 is 10.6 Å². The largest absolute Gasteiger partial charge is 0.365 e. The number of hydrogen-bond acceptors (Lipinski definition) is 6. The summed E-state index contributed by atoms with van der Waals surface area (Å²) in [4.78, 5) is 24.7. The van der Waals surface area contributed by atoms with Gasteiger partial charge in [-0.2, -0.15) is 5.10 Å². The highest BCUT2D eigenvalue weighted by atomic mass is 32.2. The number of carbonyl (C=O) groups is 2. The van der Waals surface area contributed by atoms with Crippen LogP contribution in [0.2, 0.25) is 0 Å². The van der Waals surface area contributed by atoms with Crippen molar-refractivity contribution in [1.82, 2.24) is 9.61 Å². The van der Waals surface area contributed by atoms with Gasteiger partial charge in [-0.25, -0.2) is 30.5 Å². The summed E-state index contributed by atoms with van der Waals surface area (Å²) in [6.07, 6.45) is 1.42. The van der Waals surface area contributed by atoms with E-state index in [0.717, 1.165) is 40.0 Å². The fraction of sp³-hybridized carbons (Fsp3) is 0.348. The number of anilines is 1. The molecule has 13 heteroatoms. The van der Waals surface area contributed by atoms with E-state index in [0.29, 0.717) is 6.29 Å². The second-order valence-corrected chi connectivity index (χ2v) is 12.2. The van der Waals surface area contributed by atoms with Gasteiger partial charge in [0, 0.05) is 18.2 Å². The third-order valence-corrected chi connectivity index (χ3v) is 8.60. The molecule has 2 N–H and O–H groups in total. The van der Waals surface area contributed by atoms with Crippen molar-refractivity contribution in [2.24, 2.45) is 5.73 Å². The Balaban J connectivity index is 2.17. The number of halogens is 4. The highest BCUT2D eigenvalue weighted by Crippen LogP contribution is 2.49. The number of amides is 1. The Morgan fingerprint density at radius 2 is 1.92 bits per heavy atom. The molecule has 0 spiro atoms. The highest BCUT2D eigenvalue weighted by molar-refractivity contribution is 7.93. The first-order valence-electron chi connectivity index (χ1n) is 10.7. The van der Waals surface area contributed by atoms with Crippen LogP contribution in [-0.4, -0.2) is 47.4 Å². The van der Waals surface area contributed by atoms with Gasteiger partial charge in [0.1, 0.15) is 16.5 Å². The lowest BCUT2D eigenvalue weighted by atomic mass is 10.0. The molecule has 0 aliphatic carbocycles. The Kier molecular flexibility index (Phi) is 5.90. The summed E-state index contributed by atoms with van der Waals surface area (Å²) in [7, 11) is -4.36. The molecule has 1 aliphatic heterocycles. The highest BCUT2D eigenvalue weighted by Gasteiger charge is 2.50. The number of nitrogens with two attached hydrogens (primary N) is 1. The summed E-state index contributed by atoms with van der Waals surface area (Å²) in [5.74, 6) is -6.59. The smallest absolute Gasteiger partial charge is 0.267 e. The van der Waals surface area contributed by atoms with E-state index < -0.39 is 78.8 Å². The van der Waals surface area contributed by atoms with Crippen molar-refractivity contribution in [1.29, 1.82) is 0 Å². The molecule has 3 heterocycles. The quantitative estimate of drug-likeness (QED) is 0.401. The summed E-state index contributed by atoms with van der Waals surface area (Å²) >= 11 is 0. The topological polar surface area (TPSA) is 115 Å². The molecule has 1 atom stereocenters. The second-order valence-electron chi connectivity index (χ2n) is 9.58. The van der Waals surface area contributed by atoms with Crippen LogP contribution in [-0.2, 0) is 9.84 Å². The Hall–Kier alpha value is -3.48. The van der Waals surface area contributed by atoms with Crippen LogP contribution in [0.3, 0.4) is 0 Å². The van der Waals surface area contributed by atoms with Crippen LogP contribution in [0.4, 0.5) is 23.2 Å². The molecule has 1 aliphatic rings. The maximum Gasteiger partial charge on any atom is 0.267 e. The molecule has 3 aromatic rings. The number of primary amides is 1. The Morgan fingerprint density at radius 1 is 1.25 bits per heavy atom. The molecule has 4 rings (SSSR count). The Morgan fingerprint density at radius 3 is 2.50 bits per heavy atom. The lowest BCUT2D eigenvalue weighted by molar-refractivity contribution is 0.0221. The molecule has 192 valence electrons. The van der Waals surface area contributed by atoms with Gasteiger partial charge in [-0.3, -0.25) is 9.59 Å². The number of aromatic nitrogens is 2. The zero-order valence-corrected chi connectivity index (χ0v) is 20.2. The number of benzene rings is 1. The number of nitrogens with zero attached hydrogens (tertiary/aromatic N) is 3. The summed E-state index contributed by atoms with van der Waals surface area (Å²) in [6.45, 7) is 2.97. The third kappa shape index (κ3) is 4.00. The first-order valence-corrected chi connectivity index (χ1v) is 12.2. The van der Waals surface area contributed by atoms with Crippen LogP contribution in [0.1, 0.15) is 59.5 Å². The number of sulfone groups is 1. The van der Waals surface area contributed by atoms with Crippen molar-refractivity contribution in [3.8, 4) is 0 Å². The predicted octanol–water partition coefficient (Wildman–Crippen LogP) is 3.68. The molecule has 0 bridgehead atoms. The number of alkyl halides is 2. The molecule has 1 saturated heterocycles. The summed E-state index contributed by atoms with van der Waals surface area (Å²) in [5, 5.41) is 3.92. The number of aldehydes is 1. The fourth-order valence-electron chi connectivity index (χ4n) is 4.37. The van der Waals surface area contributed by atoms with E-state index in [1.165, 1.54) is 20.8 Å². The number of hydrogen-bond donors (Lipinski definition) is 1. The Labute approximate surface area is 203 Å². The molecule has 1 aromatic carbocycles. The minimum absolute atomic E-state index is 0.149. The molecular weight excluding hydrogens is 504 g/mol. The average Bonchev–Trinajstić information content (AvgIpc) is 3.32. The van der Waals surface area contributed by atoms with E-state index in [1.807, 2.05) is 0 Å². The Bertz CT molecular complexity index is 1510. The first kappa shape index (κ1) is 25.6. The fourth-order valence-corrected chi connectivity index (χ4v) is 5.74. The van der Waals surface area contributed by atoms with Crippen molar-refractivity contribution in [3.05, 3.63) is 58.9 Å². The SMILES string of the molecule is CC(C)(C)S(=O)(=O)c1cn2ncc(C=O)c2c(C(N)=O)c1N1CC(F)(F)CC1c1cc(F)ccc1F. The van der Waals surface area contributed by atoms with Gasteiger partial charge in [0.2, 0.25) is 0 Å². The average molecular weight is 527 g/mol. The molecule has 2 aromatic heterocycles. The van der Waals surface area contributed by atoms with Crippen molar-refractivity contribution < 1.29 is 35.6 Å². The molecule has 36 heavy (non-hydrogen) atoms. The summed E-state index contributed by atoms with van der Waals surface area (Å²) in [5.41, 5.74) is 3.73. The summed E-state index contributed by atoms with van der Waals surface area (Å²) in [6, 6.07) is 0.763. The minimum Gasteiger partial charge on any atom is -0.365 e. The molecule has 8 nitrogen and oxygen atoms in total. The zero-order chi connectivity index (χ0) is 26.8. The van der Waals surface area contributed by atoms with Gasteiger partial charge in [0.25, 0.3) is 11.8 Å². The van der Waals surface area contributed by atoms with Crippen LogP contribution in [0.25, 0.3) is 5.52 Å². The number of fused-ring (bicyclic) bond motifs is 1. The first-order chi connectivity index (χ1) is 16.6. The van der Waals surface area contributed by atoms with Crippen molar-refractivity contribution in [2.45, 2.75) is 48.8 Å². The van der Waals surface area contributed by atoms with Gasteiger partial charge < -0.3 is 10.6 Å². The molecule has 1 amide bonds. The van der Waals surface area contributed by atoms with E-state index in [9.17, 15) is 35.6 Å². The standard InChI is InChI=1S/C23H22F4N4O4S/c1-22(2,3)36(34,35)17-9-31-19(12(10-32)8-29-31)18(21(28)33)20(17)30-11-23(26,27)7-16(30)14-6-13(24)4-5-15(14)25/h4-6,8-10,16H,7,11H2,1-3H3,(H2,28,33).